The number of nitro benzene ring substituents is 2. The van der Waals surface area contributed by atoms with Gasteiger partial charge in [0.1, 0.15) is 71.0 Å². The van der Waals surface area contributed by atoms with E-state index in [0.29, 0.717) is 5.33 Å². The fourth-order valence-corrected chi connectivity index (χ4v) is 6.55. The normalized spacial score (nSPS) is 8.79. The van der Waals surface area contributed by atoms with Crippen molar-refractivity contribution in [1.82, 2.24) is 0 Å². The third-order valence-corrected chi connectivity index (χ3v) is 10.9. The molecule has 28 nitrogen and oxygen atoms in total. The van der Waals surface area contributed by atoms with Crippen LogP contribution >= 0.6 is 15.9 Å². The summed E-state index contributed by atoms with van der Waals surface area (Å²) in [6, 6.07) is 20.2. The molecule has 0 aliphatic heterocycles. The van der Waals surface area contributed by atoms with Crippen LogP contribution in [0.3, 0.4) is 0 Å². The van der Waals surface area contributed by atoms with E-state index in [1.807, 2.05) is 0 Å². The van der Waals surface area contributed by atoms with E-state index in [1.165, 1.54) is 99.1 Å². The summed E-state index contributed by atoms with van der Waals surface area (Å²) in [5, 5.41) is 66.2. The number of phenolic OH excluding ortho intramolecular Hbond substituents is 4. The SMILES string of the molecule is C#CCBr.C#CCOc1cc(C(=O)O)cc(OCC#C)c1OCC#C.C#CCOc1cc(C(=O)OC)cc(OCC#C)c1OCC#C.C#CCOc1cc(C(=O)Oc2ccc([N+](=O)[O-])cc2)cc(OCC#C)c1OCC#C.COC(=O)c1cc(O)c(O)c(O)c1.O=[N+]([O-])c1ccc(O)cc1.[Na+].[OH-]. The van der Waals surface area contributed by atoms with Crippen molar-refractivity contribution in [2.24, 2.45) is 0 Å². The van der Waals surface area contributed by atoms with Crippen LogP contribution in [0, 0.1) is 144 Å². The largest absolute Gasteiger partial charge is 1.00 e. The third kappa shape index (κ3) is 32.5. The number of phenols is 4. The Labute approximate surface area is 616 Å². The Kier molecular flexibility index (Phi) is 45.8. The maximum Gasteiger partial charge on any atom is 1.00 e. The molecule has 0 atom stereocenters. The van der Waals surface area contributed by atoms with Gasteiger partial charge in [0.2, 0.25) is 17.2 Å². The smallest absolute Gasteiger partial charge is 0.870 e. The average molecular weight is 1470 g/mol. The Hall–Kier alpha value is -13.6. The number of rotatable bonds is 25. The Balaban J connectivity index is 0. The number of carbonyl (C=O) groups is 4. The van der Waals surface area contributed by atoms with Gasteiger partial charge in [-0.1, -0.05) is 75.1 Å². The average Bonchev–Trinajstić information content (AvgIpc) is 0.873. The Morgan fingerprint density at radius 1 is 0.412 bits per heavy atom. The van der Waals surface area contributed by atoms with E-state index in [-0.39, 0.29) is 191 Å². The van der Waals surface area contributed by atoms with E-state index >= 15 is 0 Å². The maximum atomic E-state index is 12.6. The summed E-state index contributed by atoms with van der Waals surface area (Å²) < 4.78 is 62.6. The van der Waals surface area contributed by atoms with E-state index < -0.39 is 51.0 Å². The predicted octanol–water partition coefficient (Wildman–Crippen LogP) is 5.51. The van der Waals surface area contributed by atoms with Crippen molar-refractivity contribution >= 4 is 51.2 Å². The van der Waals surface area contributed by atoms with Gasteiger partial charge in [-0.3, -0.25) is 20.2 Å². The molecule has 6 aromatic carbocycles. The molecule has 0 unspecified atom stereocenters. The molecule has 0 saturated carbocycles. The van der Waals surface area contributed by atoms with Crippen molar-refractivity contribution in [1.29, 1.82) is 0 Å². The number of hydrogen-bond acceptors (Lipinski definition) is 25. The zero-order valence-electron chi connectivity index (χ0n) is 54.2. The molecule has 0 fully saturated rings. The van der Waals surface area contributed by atoms with Gasteiger partial charge in [0, 0.05) is 24.3 Å². The summed E-state index contributed by atoms with van der Waals surface area (Å²) in [5.74, 6) is 19.6. The number of halogens is 1. The molecule has 6 aromatic rings. The molecule has 0 aliphatic rings. The van der Waals surface area contributed by atoms with Gasteiger partial charge in [0.25, 0.3) is 11.4 Å². The minimum atomic E-state index is -1.16. The molecular weight excluding hydrogens is 1410 g/mol. The molecule has 520 valence electrons. The zero-order valence-corrected chi connectivity index (χ0v) is 57.8. The summed E-state index contributed by atoms with van der Waals surface area (Å²) in [4.78, 5) is 66.0. The molecule has 6 N–H and O–H groups in total. The van der Waals surface area contributed by atoms with Crippen LogP contribution in [-0.2, 0) is 9.47 Å². The molecule has 0 amide bonds. The van der Waals surface area contributed by atoms with E-state index in [4.69, 9.17) is 137 Å². The standard InChI is InChI=1S/C22H15NO7.C17H14O5.C16H12O5.C8H8O5.C6H5NO3.C3H3Br.Na.H2O/c1-4-11-27-19-14-16(15-20(28-12-5-2)21(19)29-13-6-3)22(24)30-18-9-7-17(8-10-18)23(25)26;1-5-8-20-14-11-13(17(18)19-4)12-15(21-9-6-2)16(14)22-10-7-3;1-4-7-19-13-10-12(16(17)18)11-14(20-8-5-2)15(13)21-9-6-3;1-13-8(12)4-2-5(9)7(11)6(10)3-4;8-6-3-1-5(2-4-6)7(9)10;1-2-3-4;;/h1-3,7-10,14-15H,11-13H2;1-3,11-12H,8-10H2,4H3;1-3,10-11H,7-9H2,(H,17,18);2-3,9-11H,1H3;1-4,8H;1H,3H2;;1H2/q;;;;;;+1;/p-1. The fourth-order valence-electron chi connectivity index (χ4n) is 6.55. The second kappa shape index (κ2) is 51.7. The Morgan fingerprint density at radius 3 is 0.902 bits per heavy atom. The number of non-ortho nitro benzene ring substituents is 2. The summed E-state index contributed by atoms with van der Waals surface area (Å²) in [6.45, 7) is -0.553. The molecule has 0 saturated heterocycles. The molecule has 0 radical (unpaired) electrons. The Morgan fingerprint density at radius 2 is 0.657 bits per heavy atom. The van der Waals surface area contributed by atoms with Gasteiger partial charge < -0.3 is 87.9 Å². The number of carboxylic acids is 1. The molecule has 0 spiro atoms. The second-order valence-corrected chi connectivity index (χ2v) is 17.8. The number of terminal acetylenes is 10. The van der Waals surface area contributed by atoms with Gasteiger partial charge in [0.05, 0.1) is 51.7 Å². The number of ether oxygens (including phenoxy) is 12. The summed E-state index contributed by atoms with van der Waals surface area (Å²) in [7, 11) is 2.43. The maximum absolute atomic E-state index is 12.6. The van der Waals surface area contributed by atoms with Crippen LogP contribution in [0.2, 0.25) is 0 Å². The first-order valence-corrected chi connectivity index (χ1v) is 28.3. The van der Waals surface area contributed by atoms with Crippen molar-refractivity contribution < 1.29 is 146 Å². The van der Waals surface area contributed by atoms with Crippen LogP contribution in [0.1, 0.15) is 41.4 Å². The number of aromatic carboxylic acids is 1. The number of esters is 3. The molecule has 0 aromatic heterocycles. The van der Waals surface area contributed by atoms with Gasteiger partial charge in [-0.15, -0.1) is 64.2 Å². The number of aromatic hydroxyl groups is 4. The molecule has 102 heavy (non-hydrogen) atoms. The first-order valence-electron chi connectivity index (χ1n) is 27.1. The van der Waals surface area contributed by atoms with Gasteiger partial charge >= 0.3 is 53.4 Å². The molecule has 0 aliphatic carbocycles. The molecule has 30 heteroatoms. The number of nitro groups is 2. The molecular formula is C72H58BrN2NaO26. The number of carbonyl (C=O) groups excluding carboxylic acids is 3. The van der Waals surface area contributed by atoms with Crippen LogP contribution < -0.4 is 76.9 Å². The zero-order chi connectivity index (χ0) is 75.0. The fraction of sp³-hybridized carbons (Fsp3) is 0.167. The second-order valence-electron chi connectivity index (χ2n) is 17.2. The minimum Gasteiger partial charge on any atom is -0.870 e. The van der Waals surface area contributed by atoms with E-state index in [9.17, 15) is 39.4 Å². The van der Waals surface area contributed by atoms with Crippen LogP contribution in [0.15, 0.2) is 97.1 Å². The van der Waals surface area contributed by atoms with E-state index in [1.54, 1.807) is 0 Å². The first-order chi connectivity index (χ1) is 48.0. The van der Waals surface area contributed by atoms with Crippen molar-refractivity contribution in [2.45, 2.75) is 0 Å². The number of carboxylic acid groups (broad SMARTS) is 1. The van der Waals surface area contributed by atoms with Crippen molar-refractivity contribution in [3.63, 3.8) is 0 Å². The predicted molar refractivity (Wildman–Crippen MR) is 367 cm³/mol. The van der Waals surface area contributed by atoms with Gasteiger partial charge in [-0.2, -0.15) is 0 Å². The number of hydrogen-bond donors (Lipinski definition) is 5. The van der Waals surface area contributed by atoms with Crippen molar-refractivity contribution in [3.8, 4) is 204 Å². The van der Waals surface area contributed by atoms with Crippen LogP contribution in [0.25, 0.3) is 0 Å². The topological polar surface area (TPSA) is 396 Å². The number of benzene rings is 6. The van der Waals surface area contributed by atoms with Gasteiger partial charge in [-0.25, -0.2) is 19.2 Å². The summed E-state index contributed by atoms with van der Waals surface area (Å²) in [5.41, 5.74) is 0.00464. The van der Waals surface area contributed by atoms with E-state index in [2.05, 4.69) is 84.6 Å². The quantitative estimate of drug-likeness (QED) is 0.00689. The van der Waals surface area contributed by atoms with Crippen LogP contribution in [0.4, 0.5) is 11.4 Å². The number of methoxy groups -OCH3 is 2. The van der Waals surface area contributed by atoms with Crippen LogP contribution in [-0.4, -0.2) is 144 Å². The molecule has 6 rings (SSSR count). The van der Waals surface area contributed by atoms with Gasteiger partial charge in [0.15, 0.2) is 51.7 Å². The van der Waals surface area contributed by atoms with Crippen molar-refractivity contribution in [2.75, 3.05) is 79.0 Å². The van der Waals surface area contributed by atoms with Crippen LogP contribution in [0.5, 0.6) is 80.5 Å². The molecule has 0 bridgehead atoms. The monoisotopic (exact) mass is 1470 g/mol. The number of nitrogens with zero attached hydrogens (tertiary/aromatic N) is 2. The van der Waals surface area contributed by atoms with E-state index in [0.717, 1.165) is 12.1 Å². The van der Waals surface area contributed by atoms with Crippen molar-refractivity contribution in [3.05, 3.63) is 140 Å². The minimum absolute atomic E-state index is 0. The summed E-state index contributed by atoms with van der Waals surface area (Å²) >= 11 is 3.01. The first kappa shape index (κ1) is 90.5. The molecule has 0 heterocycles. The number of alkyl halides is 1. The third-order valence-electron chi connectivity index (χ3n) is 10.6. The summed E-state index contributed by atoms with van der Waals surface area (Å²) in [6.07, 6.45) is 51.3. The Bertz CT molecular complexity index is 4120. The van der Waals surface area contributed by atoms with Gasteiger partial charge in [-0.05, 0) is 72.8 Å².